The highest BCUT2D eigenvalue weighted by molar-refractivity contribution is 7.15. The van der Waals surface area contributed by atoms with Crippen LogP contribution in [0, 0.1) is 0 Å². The Bertz CT molecular complexity index is 1090. The smallest absolute Gasteiger partial charge is 0.226 e. The van der Waals surface area contributed by atoms with Crippen LogP contribution in [0.1, 0.15) is 24.2 Å². The Labute approximate surface area is 166 Å². The molecule has 0 radical (unpaired) electrons. The molecule has 1 N–H and O–H groups in total. The average molecular weight is 396 g/mol. The van der Waals surface area contributed by atoms with Crippen LogP contribution in [0.4, 0.5) is 0 Å². The second kappa shape index (κ2) is 7.55. The monoisotopic (exact) mass is 395 g/mol. The Balaban J connectivity index is 1.50. The number of amides is 1. The van der Waals surface area contributed by atoms with E-state index in [1.165, 1.54) is 0 Å². The molecule has 1 amide bonds. The Hall–Kier alpha value is -2.63. The molecule has 0 unspecified atom stereocenters. The molecule has 0 aliphatic heterocycles. The molecule has 136 valence electrons. The van der Waals surface area contributed by atoms with E-state index in [-0.39, 0.29) is 11.9 Å². The zero-order valence-corrected chi connectivity index (χ0v) is 16.3. The number of fused-ring (bicyclic) bond motifs is 1. The number of nitrogens with one attached hydrogen (secondary N) is 1. The molecule has 0 spiro atoms. The SMILES string of the molecule is C[C@H](NC(=O)Cc1csc2nc(-c3ccccc3)cn12)c1cccc(Cl)c1. The molecule has 0 saturated heterocycles. The van der Waals surface area contributed by atoms with Gasteiger partial charge < -0.3 is 5.32 Å². The summed E-state index contributed by atoms with van der Waals surface area (Å²) >= 11 is 7.58. The standard InChI is InChI=1S/C21H18ClN3OS/c1-14(16-8-5-9-17(22)10-16)23-20(26)11-18-13-27-21-24-19(12-25(18)21)15-6-3-2-4-7-15/h2-10,12-14H,11H2,1H3,(H,23,26)/t14-/m0/s1. The lowest BCUT2D eigenvalue weighted by Gasteiger charge is -2.14. The quantitative estimate of drug-likeness (QED) is 0.508. The maximum Gasteiger partial charge on any atom is 0.226 e. The number of hydrogen-bond donors (Lipinski definition) is 1. The van der Waals surface area contributed by atoms with Crippen molar-refractivity contribution < 1.29 is 4.79 Å². The molecule has 0 bridgehead atoms. The van der Waals surface area contributed by atoms with Gasteiger partial charge in [0.25, 0.3) is 0 Å². The number of benzene rings is 2. The molecule has 0 aliphatic carbocycles. The van der Waals surface area contributed by atoms with Gasteiger partial charge in [-0.25, -0.2) is 4.98 Å². The predicted molar refractivity (Wildman–Crippen MR) is 110 cm³/mol. The molecule has 1 atom stereocenters. The van der Waals surface area contributed by atoms with Crippen LogP contribution in [-0.2, 0) is 11.2 Å². The summed E-state index contributed by atoms with van der Waals surface area (Å²) < 4.78 is 2.00. The van der Waals surface area contributed by atoms with E-state index in [1.54, 1.807) is 11.3 Å². The minimum absolute atomic E-state index is 0.0304. The molecule has 27 heavy (non-hydrogen) atoms. The van der Waals surface area contributed by atoms with Crippen LogP contribution >= 0.6 is 22.9 Å². The van der Waals surface area contributed by atoms with Gasteiger partial charge >= 0.3 is 0 Å². The Kier molecular flexibility index (Phi) is 4.97. The second-order valence-electron chi connectivity index (χ2n) is 6.39. The minimum atomic E-state index is -0.104. The Morgan fingerprint density at radius 3 is 2.81 bits per heavy atom. The third kappa shape index (κ3) is 3.89. The molecule has 6 heteroatoms. The predicted octanol–water partition coefficient (Wildman–Crippen LogP) is 5.14. The zero-order chi connectivity index (χ0) is 18.8. The van der Waals surface area contributed by atoms with Gasteiger partial charge in [-0.3, -0.25) is 9.20 Å². The first kappa shape index (κ1) is 17.8. The van der Waals surface area contributed by atoms with Crippen molar-refractivity contribution in [2.75, 3.05) is 0 Å². The molecule has 4 aromatic rings. The number of rotatable bonds is 5. The first-order valence-electron chi connectivity index (χ1n) is 8.66. The van der Waals surface area contributed by atoms with Crippen molar-refractivity contribution in [3.05, 3.63) is 82.5 Å². The number of thiazole rings is 1. The van der Waals surface area contributed by atoms with Crippen molar-refractivity contribution in [2.24, 2.45) is 0 Å². The minimum Gasteiger partial charge on any atom is -0.349 e. The van der Waals surface area contributed by atoms with E-state index in [0.717, 1.165) is 27.5 Å². The molecule has 2 heterocycles. The van der Waals surface area contributed by atoms with Gasteiger partial charge in [-0.15, -0.1) is 11.3 Å². The average Bonchev–Trinajstić information content (AvgIpc) is 3.24. The second-order valence-corrected chi connectivity index (χ2v) is 7.67. The fraction of sp³-hybridized carbons (Fsp3) is 0.143. The number of imidazole rings is 1. The summed E-state index contributed by atoms with van der Waals surface area (Å²) in [6.07, 6.45) is 2.29. The van der Waals surface area contributed by atoms with E-state index in [1.807, 2.05) is 77.5 Å². The van der Waals surface area contributed by atoms with Gasteiger partial charge in [0, 0.05) is 27.9 Å². The van der Waals surface area contributed by atoms with Crippen molar-refractivity contribution in [1.29, 1.82) is 0 Å². The van der Waals surface area contributed by atoms with Crippen molar-refractivity contribution >= 4 is 33.8 Å². The first-order chi connectivity index (χ1) is 13.1. The van der Waals surface area contributed by atoms with Gasteiger partial charge in [-0.1, -0.05) is 54.1 Å². The summed E-state index contributed by atoms with van der Waals surface area (Å²) in [5, 5.41) is 5.69. The van der Waals surface area contributed by atoms with Gasteiger partial charge in [0.05, 0.1) is 18.2 Å². The van der Waals surface area contributed by atoms with E-state index >= 15 is 0 Å². The zero-order valence-electron chi connectivity index (χ0n) is 14.7. The van der Waals surface area contributed by atoms with Crippen LogP contribution in [0.2, 0.25) is 5.02 Å². The van der Waals surface area contributed by atoms with E-state index in [2.05, 4.69) is 10.3 Å². The summed E-state index contributed by atoms with van der Waals surface area (Å²) in [4.78, 5) is 18.1. The van der Waals surface area contributed by atoms with E-state index in [9.17, 15) is 4.79 Å². The van der Waals surface area contributed by atoms with Crippen LogP contribution < -0.4 is 5.32 Å². The Morgan fingerprint density at radius 1 is 1.22 bits per heavy atom. The third-order valence-electron chi connectivity index (χ3n) is 4.42. The van der Waals surface area contributed by atoms with Crippen molar-refractivity contribution in [3.8, 4) is 11.3 Å². The highest BCUT2D eigenvalue weighted by Crippen LogP contribution is 2.24. The van der Waals surface area contributed by atoms with Gasteiger partial charge in [0.2, 0.25) is 5.91 Å². The molecule has 0 saturated carbocycles. The van der Waals surface area contributed by atoms with Crippen LogP contribution in [0.25, 0.3) is 16.2 Å². The normalized spacial score (nSPS) is 12.2. The van der Waals surface area contributed by atoms with Gasteiger partial charge in [-0.05, 0) is 24.6 Å². The van der Waals surface area contributed by atoms with Crippen LogP contribution in [0.15, 0.2) is 66.2 Å². The van der Waals surface area contributed by atoms with Crippen LogP contribution in [0.5, 0.6) is 0 Å². The number of hydrogen-bond acceptors (Lipinski definition) is 3. The van der Waals surface area contributed by atoms with E-state index in [4.69, 9.17) is 11.6 Å². The maximum absolute atomic E-state index is 12.5. The summed E-state index contributed by atoms with van der Waals surface area (Å²) in [6.45, 7) is 1.96. The lowest BCUT2D eigenvalue weighted by molar-refractivity contribution is -0.121. The molecule has 2 aromatic carbocycles. The van der Waals surface area contributed by atoms with E-state index < -0.39 is 0 Å². The Morgan fingerprint density at radius 2 is 2.04 bits per heavy atom. The molecular weight excluding hydrogens is 378 g/mol. The molecule has 2 aromatic heterocycles. The fourth-order valence-corrected chi connectivity index (χ4v) is 4.09. The van der Waals surface area contributed by atoms with Crippen molar-refractivity contribution in [1.82, 2.24) is 14.7 Å². The van der Waals surface area contributed by atoms with Crippen molar-refractivity contribution in [3.63, 3.8) is 0 Å². The summed E-state index contributed by atoms with van der Waals surface area (Å²) in [7, 11) is 0. The summed E-state index contributed by atoms with van der Waals surface area (Å²) in [5.74, 6) is -0.0304. The highest BCUT2D eigenvalue weighted by atomic mass is 35.5. The molecule has 0 aliphatic rings. The number of carbonyl (C=O) groups excluding carboxylic acids is 1. The third-order valence-corrected chi connectivity index (χ3v) is 5.54. The molecule has 4 nitrogen and oxygen atoms in total. The number of nitrogens with zero attached hydrogens (tertiary/aromatic N) is 2. The fourth-order valence-electron chi connectivity index (χ4n) is 3.02. The summed E-state index contributed by atoms with van der Waals surface area (Å²) in [5.41, 5.74) is 3.90. The van der Waals surface area contributed by atoms with Crippen LogP contribution in [-0.4, -0.2) is 15.3 Å². The summed E-state index contributed by atoms with van der Waals surface area (Å²) in [6, 6.07) is 17.5. The highest BCUT2D eigenvalue weighted by Gasteiger charge is 2.15. The largest absolute Gasteiger partial charge is 0.349 e. The van der Waals surface area contributed by atoms with Gasteiger partial charge in [0.15, 0.2) is 4.96 Å². The molecule has 0 fully saturated rings. The van der Waals surface area contributed by atoms with E-state index in [0.29, 0.717) is 11.4 Å². The first-order valence-corrected chi connectivity index (χ1v) is 9.91. The molecular formula is C21H18ClN3OS. The lowest BCUT2D eigenvalue weighted by atomic mass is 10.1. The molecule has 4 rings (SSSR count). The lowest BCUT2D eigenvalue weighted by Crippen LogP contribution is -2.28. The maximum atomic E-state index is 12.5. The number of halogens is 1. The number of carbonyl (C=O) groups is 1. The number of aromatic nitrogens is 2. The van der Waals surface area contributed by atoms with Crippen molar-refractivity contribution in [2.45, 2.75) is 19.4 Å². The van der Waals surface area contributed by atoms with Crippen LogP contribution in [0.3, 0.4) is 0 Å². The van der Waals surface area contributed by atoms with Gasteiger partial charge in [0.1, 0.15) is 0 Å². The van der Waals surface area contributed by atoms with Gasteiger partial charge in [-0.2, -0.15) is 0 Å². The topological polar surface area (TPSA) is 46.4 Å².